The van der Waals surface area contributed by atoms with Crippen LogP contribution in [0.4, 0.5) is 0 Å². The molecule has 0 rings (SSSR count). The highest BCUT2D eigenvalue weighted by Crippen LogP contribution is 2.36. The number of thioether (sulfide) groups is 1. The molecule has 3 nitrogen and oxygen atoms in total. The summed E-state index contributed by atoms with van der Waals surface area (Å²) in [6, 6.07) is 0. The third kappa shape index (κ3) is 8.50. The Balaban J connectivity index is 3.13. The number of rotatable bonds is 5. The van der Waals surface area contributed by atoms with E-state index in [1.807, 2.05) is 6.26 Å². The zero-order chi connectivity index (χ0) is 8.04. The van der Waals surface area contributed by atoms with E-state index >= 15 is 0 Å². The van der Waals surface area contributed by atoms with Gasteiger partial charge in [-0.05, 0) is 18.4 Å². The molecule has 0 aliphatic heterocycles. The van der Waals surface area contributed by atoms with Crippen LogP contribution in [0.5, 0.6) is 0 Å². The molecule has 0 amide bonds. The molecule has 0 aliphatic carbocycles. The maximum Gasteiger partial charge on any atom is 0.325 e. The Kier molecular flexibility index (Phi) is 5.45. The van der Waals surface area contributed by atoms with Crippen LogP contribution in [-0.4, -0.2) is 30.2 Å². The summed E-state index contributed by atoms with van der Waals surface area (Å²) in [5, 5.41) is 0. The lowest BCUT2D eigenvalue weighted by Gasteiger charge is -2.04. The maximum atomic E-state index is 10.5. The first-order chi connectivity index (χ1) is 4.56. The van der Waals surface area contributed by atoms with E-state index in [0.29, 0.717) is 6.61 Å². The van der Waals surface area contributed by atoms with Gasteiger partial charge in [0, 0.05) is 6.66 Å². The number of hydrogen-bond donors (Lipinski definition) is 1. The highest BCUT2D eigenvalue weighted by Gasteiger charge is 2.07. The van der Waals surface area contributed by atoms with Crippen LogP contribution in [0.1, 0.15) is 6.42 Å². The molecule has 1 N–H and O–H groups in total. The Morgan fingerprint density at radius 3 is 2.70 bits per heavy atom. The lowest BCUT2D eigenvalue weighted by atomic mass is 10.5. The summed E-state index contributed by atoms with van der Waals surface area (Å²) in [6.07, 6.45) is 2.82. The second-order valence-electron chi connectivity index (χ2n) is 1.98. The molecule has 0 aromatic rings. The average molecular weight is 184 g/mol. The van der Waals surface area contributed by atoms with E-state index in [4.69, 9.17) is 4.89 Å². The molecule has 1 atom stereocenters. The zero-order valence-corrected chi connectivity index (χ0v) is 7.95. The van der Waals surface area contributed by atoms with E-state index < -0.39 is 7.60 Å². The summed E-state index contributed by atoms with van der Waals surface area (Å²) in [4.78, 5) is 8.64. The molecular weight excluding hydrogens is 171 g/mol. The van der Waals surface area contributed by atoms with Gasteiger partial charge in [-0.1, -0.05) is 0 Å². The third-order valence-corrected chi connectivity index (χ3v) is 2.18. The van der Waals surface area contributed by atoms with Crippen molar-refractivity contribution in [3.05, 3.63) is 0 Å². The normalized spacial score (nSPS) is 16.7. The van der Waals surface area contributed by atoms with E-state index in [2.05, 4.69) is 4.52 Å². The molecule has 5 heteroatoms. The van der Waals surface area contributed by atoms with Crippen LogP contribution in [-0.2, 0) is 9.09 Å². The van der Waals surface area contributed by atoms with E-state index in [-0.39, 0.29) is 0 Å². The van der Waals surface area contributed by atoms with Crippen molar-refractivity contribution in [2.75, 3.05) is 25.3 Å². The summed E-state index contributed by atoms with van der Waals surface area (Å²) in [5.74, 6) is 0.972. The minimum Gasteiger partial charge on any atom is -0.324 e. The van der Waals surface area contributed by atoms with Crippen LogP contribution in [0.25, 0.3) is 0 Å². The van der Waals surface area contributed by atoms with E-state index in [9.17, 15) is 4.57 Å². The van der Waals surface area contributed by atoms with Gasteiger partial charge in [-0.25, -0.2) is 0 Å². The van der Waals surface area contributed by atoms with Crippen molar-refractivity contribution in [1.82, 2.24) is 0 Å². The molecule has 10 heavy (non-hydrogen) atoms. The molecule has 0 aromatic heterocycles. The van der Waals surface area contributed by atoms with Crippen LogP contribution >= 0.6 is 19.4 Å². The predicted molar refractivity (Wildman–Crippen MR) is 44.7 cm³/mol. The van der Waals surface area contributed by atoms with Gasteiger partial charge in [0.25, 0.3) is 0 Å². The van der Waals surface area contributed by atoms with E-state index in [0.717, 1.165) is 12.2 Å². The lowest BCUT2D eigenvalue weighted by molar-refractivity contribution is 0.266. The number of hydrogen-bond acceptors (Lipinski definition) is 3. The first kappa shape index (κ1) is 10.5. The third-order valence-electron chi connectivity index (χ3n) is 0.824. The van der Waals surface area contributed by atoms with Crippen LogP contribution in [0.3, 0.4) is 0 Å². The van der Waals surface area contributed by atoms with E-state index in [1.54, 1.807) is 11.8 Å². The molecule has 0 fully saturated rings. The SMILES string of the molecule is CSCCCOP(C)(=O)O. The average Bonchev–Trinajstić information content (AvgIpc) is 1.78. The molecule has 0 spiro atoms. The highest BCUT2D eigenvalue weighted by atomic mass is 32.2. The Morgan fingerprint density at radius 2 is 2.30 bits per heavy atom. The fraction of sp³-hybridized carbons (Fsp3) is 1.00. The molecule has 0 saturated heterocycles. The molecular formula is C5H13O3PS. The standard InChI is InChI=1S/C5H13O3PS/c1-9(6,7)8-4-3-5-10-2/h3-5H2,1-2H3,(H,6,7). The predicted octanol–water partition coefficient (Wildman–Crippen LogP) is 1.57. The van der Waals surface area contributed by atoms with Gasteiger partial charge >= 0.3 is 7.60 Å². The smallest absolute Gasteiger partial charge is 0.324 e. The fourth-order valence-electron chi connectivity index (χ4n) is 0.437. The summed E-state index contributed by atoms with van der Waals surface area (Å²) in [7, 11) is -3.22. The molecule has 0 radical (unpaired) electrons. The van der Waals surface area contributed by atoms with Gasteiger partial charge in [-0.3, -0.25) is 4.57 Å². The molecule has 62 valence electrons. The Bertz CT molecular complexity index is 122. The Labute approximate surface area is 65.7 Å². The molecule has 0 saturated carbocycles. The van der Waals surface area contributed by atoms with Crippen LogP contribution in [0.15, 0.2) is 0 Å². The maximum absolute atomic E-state index is 10.5. The topological polar surface area (TPSA) is 46.5 Å². The Morgan fingerprint density at radius 1 is 1.70 bits per heavy atom. The fourth-order valence-corrected chi connectivity index (χ4v) is 1.31. The monoisotopic (exact) mass is 184 g/mol. The first-order valence-electron chi connectivity index (χ1n) is 3.00. The molecule has 0 aliphatic rings. The van der Waals surface area contributed by atoms with Crippen LogP contribution < -0.4 is 0 Å². The molecule has 1 unspecified atom stereocenters. The van der Waals surface area contributed by atoms with Gasteiger partial charge in [0.2, 0.25) is 0 Å². The quantitative estimate of drug-likeness (QED) is 0.520. The minimum atomic E-state index is -3.22. The second-order valence-corrected chi connectivity index (χ2v) is 4.83. The van der Waals surface area contributed by atoms with Crippen molar-refractivity contribution in [2.45, 2.75) is 6.42 Å². The first-order valence-corrected chi connectivity index (χ1v) is 6.42. The van der Waals surface area contributed by atoms with Gasteiger partial charge in [-0.2, -0.15) is 11.8 Å². The van der Waals surface area contributed by atoms with E-state index in [1.165, 1.54) is 6.66 Å². The van der Waals surface area contributed by atoms with Crippen molar-refractivity contribution >= 4 is 19.4 Å². The van der Waals surface area contributed by atoms with Gasteiger partial charge in [0.15, 0.2) is 0 Å². The van der Waals surface area contributed by atoms with Gasteiger partial charge in [0.1, 0.15) is 0 Å². The van der Waals surface area contributed by atoms with Crippen LogP contribution in [0.2, 0.25) is 0 Å². The van der Waals surface area contributed by atoms with Crippen molar-refractivity contribution in [1.29, 1.82) is 0 Å². The van der Waals surface area contributed by atoms with Crippen molar-refractivity contribution in [2.24, 2.45) is 0 Å². The summed E-state index contributed by atoms with van der Waals surface area (Å²) < 4.78 is 15.1. The van der Waals surface area contributed by atoms with Gasteiger partial charge in [-0.15, -0.1) is 0 Å². The second kappa shape index (κ2) is 5.19. The zero-order valence-electron chi connectivity index (χ0n) is 6.24. The van der Waals surface area contributed by atoms with Crippen molar-refractivity contribution in [3.63, 3.8) is 0 Å². The largest absolute Gasteiger partial charge is 0.325 e. The van der Waals surface area contributed by atoms with Gasteiger partial charge in [0.05, 0.1) is 6.61 Å². The van der Waals surface area contributed by atoms with Crippen molar-refractivity contribution < 1.29 is 14.0 Å². The Hall–Kier alpha value is 0.500. The van der Waals surface area contributed by atoms with Crippen molar-refractivity contribution in [3.8, 4) is 0 Å². The summed E-state index contributed by atoms with van der Waals surface area (Å²) in [5.41, 5.74) is 0. The lowest BCUT2D eigenvalue weighted by Crippen LogP contribution is -1.92. The molecule has 0 bridgehead atoms. The summed E-state index contributed by atoms with van der Waals surface area (Å²) in [6.45, 7) is 1.58. The van der Waals surface area contributed by atoms with Gasteiger partial charge < -0.3 is 9.42 Å². The van der Waals surface area contributed by atoms with Crippen LogP contribution in [0, 0.1) is 0 Å². The minimum absolute atomic E-state index is 0.380. The molecule has 0 heterocycles. The highest BCUT2D eigenvalue weighted by molar-refractivity contribution is 7.98. The summed E-state index contributed by atoms with van der Waals surface area (Å²) >= 11 is 1.70. The molecule has 0 aromatic carbocycles.